The third kappa shape index (κ3) is 1.39. The lowest BCUT2D eigenvalue weighted by molar-refractivity contribution is 0.112. The van der Waals surface area contributed by atoms with Crippen molar-refractivity contribution in [1.29, 1.82) is 0 Å². The van der Waals surface area contributed by atoms with Crippen LogP contribution in [0.2, 0.25) is 0 Å². The summed E-state index contributed by atoms with van der Waals surface area (Å²) in [6.07, 6.45) is 0.546. The molecule has 0 heterocycles. The number of hydrogen-bond donors (Lipinski definition) is 0. The molecule has 0 N–H and O–H groups in total. The Bertz CT molecular complexity index is 271. The van der Waals surface area contributed by atoms with E-state index in [1.54, 1.807) is 19.1 Å². The van der Waals surface area contributed by atoms with Gasteiger partial charge in [0.15, 0.2) is 0 Å². The Hall–Kier alpha value is -1.11. The van der Waals surface area contributed by atoms with Crippen LogP contribution in [0.3, 0.4) is 0 Å². The zero-order valence-electron chi connectivity index (χ0n) is 7.14. The largest absolute Gasteiger partial charge is 0.298 e. The van der Waals surface area contributed by atoms with E-state index in [4.69, 9.17) is 2.74 Å². The lowest BCUT2D eigenvalue weighted by atomic mass is 10.2. The SMILES string of the molecule is [2H]c1cc(C)cc([2H])c1C=O. The van der Waals surface area contributed by atoms with Gasteiger partial charge < -0.3 is 0 Å². The van der Waals surface area contributed by atoms with Crippen LogP contribution in [-0.4, -0.2) is 6.29 Å². The van der Waals surface area contributed by atoms with Crippen LogP contribution >= 0.6 is 0 Å². The van der Waals surface area contributed by atoms with Crippen molar-refractivity contribution in [3.05, 3.63) is 35.3 Å². The van der Waals surface area contributed by atoms with Gasteiger partial charge in [0.25, 0.3) is 0 Å². The summed E-state index contributed by atoms with van der Waals surface area (Å²) in [7, 11) is 0. The fourth-order valence-electron chi connectivity index (χ4n) is 0.535. The molecule has 0 saturated carbocycles. The Labute approximate surface area is 57.1 Å². The summed E-state index contributed by atoms with van der Waals surface area (Å²) in [6, 6.07) is 3.40. The summed E-state index contributed by atoms with van der Waals surface area (Å²) in [5, 5.41) is 0. The molecule has 0 fully saturated rings. The summed E-state index contributed by atoms with van der Waals surface area (Å²) < 4.78 is 14.6. The second-order valence-corrected chi connectivity index (χ2v) is 1.85. The number of carbonyl (C=O) groups is 1. The minimum Gasteiger partial charge on any atom is -0.298 e. The summed E-state index contributed by atoms with van der Waals surface area (Å²) in [5.74, 6) is 0. The molecule has 0 aliphatic rings. The molecule has 0 aromatic heterocycles. The first kappa shape index (κ1) is 3.83. The standard InChI is InChI=1S/C8H8O/c1-7-2-4-8(6-9)5-3-7/h2-6H,1H3/i4D,5D. The maximum atomic E-state index is 10.3. The highest BCUT2D eigenvalue weighted by molar-refractivity contribution is 5.74. The van der Waals surface area contributed by atoms with Crippen LogP contribution in [0.4, 0.5) is 0 Å². The third-order valence-electron chi connectivity index (χ3n) is 1.03. The Morgan fingerprint density at radius 3 is 2.56 bits per heavy atom. The quantitative estimate of drug-likeness (QED) is 0.519. The van der Waals surface area contributed by atoms with Crippen LogP contribution < -0.4 is 0 Å². The third-order valence-corrected chi connectivity index (χ3v) is 1.03. The molecule has 1 aromatic rings. The van der Waals surface area contributed by atoms with Crippen LogP contribution in [-0.2, 0) is 0 Å². The Balaban J connectivity index is 3.36. The first-order valence-corrected chi connectivity index (χ1v) is 2.68. The molecule has 1 rings (SSSR count). The Morgan fingerprint density at radius 1 is 1.56 bits per heavy atom. The number of carbonyl (C=O) groups excluding carboxylic acids is 1. The average molecular weight is 122 g/mol. The molecule has 9 heavy (non-hydrogen) atoms. The molecule has 0 saturated heterocycles. The van der Waals surface area contributed by atoms with Crippen LogP contribution in [0.5, 0.6) is 0 Å². The second kappa shape index (κ2) is 2.44. The molecule has 1 heteroatoms. The lowest BCUT2D eigenvalue weighted by Crippen LogP contribution is -1.77. The normalized spacial score (nSPS) is 12.1. The highest BCUT2D eigenvalue weighted by Gasteiger charge is 1.85. The molecule has 0 aliphatic heterocycles. The zero-order valence-corrected chi connectivity index (χ0v) is 5.14. The number of aldehydes is 1. The first-order chi connectivity index (χ1) is 5.15. The first-order valence-electron chi connectivity index (χ1n) is 3.68. The van der Waals surface area contributed by atoms with Crippen LogP contribution in [0, 0.1) is 6.92 Å². The molecule has 0 radical (unpaired) electrons. The topological polar surface area (TPSA) is 17.1 Å². The van der Waals surface area contributed by atoms with Gasteiger partial charge in [0, 0.05) is 5.56 Å². The van der Waals surface area contributed by atoms with E-state index in [0.717, 1.165) is 5.56 Å². The molecule has 0 aliphatic carbocycles. The van der Waals surface area contributed by atoms with Crippen molar-refractivity contribution >= 4 is 6.29 Å². The highest BCUT2D eigenvalue weighted by atomic mass is 16.1. The van der Waals surface area contributed by atoms with Crippen molar-refractivity contribution in [3.8, 4) is 0 Å². The lowest BCUT2D eigenvalue weighted by Gasteiger charge is -1.89. The monoisotopic (exact) mass is 122 g/mol. The fraction of sp³-hybridized carbons (Fsp3) is 0.125. The molecule has 0 amide bonds. The maximum Gasteiger partial charge on any atom is 0.150 e. The van der Waals surface area contributed by atoms with Gasteiger partial charge in [-0.25, -0.2) is 0 Å². The number of hydrogen-bond acceptors (Lipinski definition) is 1. The predicted octanol–water partition coefficient (Wildman–Crippen LogP) is 1.81. The summed E-state index contributed by atoms with van der Waals surface area (Å²) in [5.41, 5.74) is 1.00. The van der Waals surface area contributed by atoms with Crippen molar-refractivity contribution in [2.75, 3.05) is 0 Å². The molecule has 1 nitrogen and oxygen atoms in total. The van der Waals surface area contributed by atoms with E-state index < -0.39 is 0 Å². The van der Waals surface area contributed by atoms with Gasteiger partial charge in [-0.15, -0.1) is 0 Å². The van der Waals surface area contributed by atoms with Crippen molar-refractivity contribution in [2.45, 2.75) is 6.92 Å². The molecule has 0 bridgehead atoms. The number of benzene rings is 1. The average Bonchev–Trinajstić information content (AvgIpc) is 1.85. The minimum atomic E-state index is 0.130. The van der Waals surface area contributed by atoms with E-state index in [1.807, 2.05) is 0 Å². The van der Waals surface area contributed by atoms with Crippen molar-refractivity contribution < 1.29 is 7.54 Å². The van der Waals surface area contributed by atoms with Gasteiger partial charge in [-0.2, -0.15) is 0 Å². The van der Waals surface area contributed by atoms with Gasteiger partial charge in [-0.3, -0.25) is 4.79 Å². The van der Waals surface area contributed by atoms with Crippen LogP contribution in [0.15, 0.2) is 24.2 Å². The van der Waals surface area contributed by atoms with E-state index in [-0.39, 0.29) is 17.6 Å². The van der Waals surface area contributed by atoms with Crippen LogP contribution in [0.1, 0.15) is 18.7 Å². The highest BCUT2D eigenvalue weighted by Crippen LogP contribution is 1.98. The summed E-state index contributed by atoms with van der Waals surface area (Å²) in [6.45, 7) is 1.80. The van der Waals surface area contributed by atoms with Crippen molar-refractivity contribution in [3.63, 3.8) is 0 Å². The van der Waals surface area contributed by atoms with Gasteiger partial charge in [0.2, 0.25) is 0 Å². The van der Waals surface area contributed by atoms with E-state index >= 15 is 0 Å². The number of aryl methyl sites for hydroxylation is 1. The molecule has 46 valence electrons. The maximum absolute atomic E-state index is 10.3. The molecular weight excluding hydrogens is 112 g/mol. The Kier molecular flexibility index (Phi) is 1.04. The van der Waals surface area contributed by atoms with Crippen LogP contribution in [0.25, 0.3) is 0 Å². The van der Waals surface area contributed by atoms with Gasteiger partial charge in [-0.05, 0) is 6.92 Å². The molecular formula is C8H8O. The van der Waals surface area contributed by atoms with Crippen molar-refractivity contribution in [2.24, 2.45) is 0 Å². The minimum absolute atomic E-state index is 0.130. The second-order valence-electron chi connectivity index (χ2n) is 1.85. The van der Waals surface area contributed by atoms with Gasteiger partial charge in [-0.1, -0.05) is 29.8 Å². The van der Waals surface area contributed by atoms with E-state index in [1.165, 1.54) is 0 Å². The van der Waals surface area contributed by atoms with Gasteiger partial charge in [0.1, 0.15) is 6.29 Å². The molecule has 0 atom stereocenters. The van der Waals surface area contributed by atoms with E-state index in [0.29, 0.717) is 6.29 Å². The zero-order chi connectivity index (χ0) is 8.43. The van der Waals surface area contributed by atoms with E-state index in [9.17, 15) is 4.79 Å². The van der Waals surface area contributed by atoms with Gasteiger partial charge >= 0.3 is 0 Å². The molecule has 1 aromatic carbocycles. The molecule has 0 spiro atoms. The number of rotatable bonds is 1. The summed E-state index contributed by atoms with van der Waals surface area (Å²) in [4.78, 5) is 10.3. The van der Waals surface area contributed by atoms with E-state index in [2.05, 4.69) is 0 Å². The van der Waals surface area contributed by atoms with Crippen molar-refractivity contribution in [1.82, 2.24) is 0 Å². The predicted molar refractivity (Wildman–Crippen MR) is 36.6 cm³/mol. The van der Waals surface area contributed by atoms with Gasteiger partial charge in [0.05, 0.1) is 2.74 Å². The molecule has 0 unspecified atom stereocenters. The summed E-state index contributed by atoms with van der Waals surface area (Å²) >= 11 is 0. The smallest absolute Gasteiger partial charge is 0.150 e. The Morgan fingerprint density at radius 2 is 2.11 bits per heavy atom. The fourth-order valence-corrected chi connectivity index (χ4v) is 0.535.